The quantitative estimate of drug-likeness (QED) is 0.202. The third-order valence-corrected chi connectivity index (χ3v) is 7.69. The van der Waals surface area contributed by atoms with Gasteiger partial charge in [0.2, 0.25) is 0 Å². The number of nitrogens with zero attached hydrogens (tertiary/aromatic N) is 4. The Kier molecular flexibility index (Phi) is 4.90. The SMILES string of the molecule is [2H]C([2H])([2H])n1[cH+]n(-c2cccc(Oc3ccc4c5ccccc5n(-c5cc(-c6ccccc6)ccn5)c4c3)c2)c2ccccc21. The van der Waals surface area contributed by atoms with E-state index in [0.717, 1.165) is 50.0 Å². The Labute approximate surface area is 247 Å². The molecule has 0 atom stereocenters. The van der Waals surface area contributed by atoms with Gasteiger partial charge in [-0.05, 0) is 65.7 Å². The van der Waals surface area contributed by atoms with Gasteiger partial charge in [-0.3, -0.25) is 4.57 Å². The van der Waals surface area contributed by atoms with Crippen LogP contribution in [0.4, 0.5) is 0 Å². The van der Waals surface area contributed by atoms with Crippen molar-refractivity contribution in [2.75, 3.05) is 0 Å². The van der Waals surface area contributed by atoms with E-state index in [1.54, 1.807) is 6.33 Å². The Balaban J connectivity index is 1.22. The highest BCUT2D eigenvalue weighted by Crippen LogP contribution is 2.36. The molecule has 8 aromatic rings. The van der Waals surface area contributed by atoms with E-state index >= 15 is 0 Å². The van der Waals surface area contributed by atoms with Crippen molar-refractivity contribution in [3.8, 4) is 34.1 Å². The van der Waals surface area contributed by atoms with Gasteiger partial charge in [-0.2, -0.15) is 4.57 Å². The van der Waals surface area contributed by atoms with E-state index in [9.17, 15) is 0 Å². The normalized spacial score (nSPS) is 12.8. The van der Waals surface area contributed by atoms with Crippen LogP contribution in [0.2, 0.25) is 0 Å². The van der Waals surface area contributed by atoms with Gasteiger partial charge in [-0.15, -0.1) is 0 Å². The van der Waals surface area contributed by atoms with Gasteiger partial charge in [0.1, 0.15) is 23.0 Å². The van der Waals surface area contributed by atoms with Crippen molar-refractivity contribution in [3.05, 3.63) is 146 Å². The second-order valence-corrected chi connectivity index (χ2v) is 10.2. The third kappa shape index (κ3) is 4.02. The van der Waals surface area contributed by atoms with E-state index in [0.29, 0.717) is 17.0 Å². The molecule has 0 amide bonds. The van der Waals surface area contributed by atoms with Crippen LogP contribution in [0.1, 0.15) is 4.11 Å². The number of aromatic nitrogens is 4. The van der Waals surface area contributed by atoms with Gasteiger partial charge in [0.25, 0.3) is 0 Å². The molecule has 0 aliphatic rings. The fraction of sp³-hybridized carbons (Fsp3) is 0.0270. The molecule has 0 radical (unpaired) electrons. The van der Waals surface area contributed by atoms with Crippen LogP contribution < -0.4 is 4.74 Å². The molecule has 5 heteroatoms. The minimum absolute atomic E-state index is 0.632. The summed E-state index contributed by atoms with van der Waals surface area (Å²) in [6.07, 6.45) is 3.48. The van der Waals surface area contributed by atoms with E-state index in [1.165, 1.54) is 4.57 Å². The Morgan fingerprint density at radius 1 is 0.619 bits per heavy atom. The predicted molar refractivity (Wildman–Crippen MR) is 171 cm³/mol. The van der Waals surface area contributed by atoms with Crippen LogP contribution in [-0.4, -0.2) is 18.7 Å². The number of aryl methyl sites for hydroxylation is 1. The minimum Gasteiger partial charge on any atom is -0.456 e. The maximum absolute atomic E-state index is 8.01. The molecule has 5 nitrogen and oxygen atoms in total. The number of rotatable bonds is 5. The zero-order valence-electron chi connectivity index (χ0n) is 25.6. The number of para-hydroxylation sites is 3. The summed E-state index contributed by atoms with van der Waals surface area (Å²) >= 11 is 0. The summed E-state index contributed by atoms with van der Waals surface area (Å²) in [5.74, 6) is 2.14. The number of pyridine rings is 1. The smallest absolute Gasteiger partial charge is 0.191 e. The number of hydrogen-bond acceptors (Lipinski definition) is 2. The van der Waals surface area contributed by atoms with Crippen molar-refractivity contribution in [2.45, 2.75) is 0 Å². The lowest BCUT2D eigenvalue weighted by molar-refractivity contribution is 0.483. The van der Waals surface area contributed by atoms with Crippen LogP contribution >= 0.6 is 0 Å². The summed E-state index contributed by atoms with van der Waals surface area (Å²) in [5.41, 5.74) is 6.49. The number of benzene rings is 5. The average Bonchev–Trinajstić information content (AvgIpc) is 3.62. The summed E-state index contributed by atoms with van der Waals surface area (Å²) in [7, 11) is 0. The van der Waals surface area contributed by atoms with Crippen LogP contribution in [-0.2, 0) is 6.98 Å². The van der Waals surface area contributed by atoms with Crippen LogP contribution in [0.3, 0.4) is 0 Å². The number of hydrogen-bond donors (Lipinski definition) is 0. The molecule has 0 aliphatic carbocycles. The number of imidazole rings is 1. The predicted octanol–water partition coefficient (Wildman–Crippen LogP) is 9.20. The Hall–Kier alpha value is -5.68. The monoisotopic (exact) mass is 546 g/mol. The molecule has 0 bridgehead atoms. The standard InChI is InChI=1S/C37H27N4O/c1-39-25-40(35-17-8-7-16-34(35)39)28-12-9-13-29(23-28)42-30-18-19-32-31-14-5-6-15-33(31)41(36(32)24-30)37-22-27(20-21-38-37)26-10-3-2-4-11-26/h2-25H,1H3/q+1/i1D3. The van der Waals surface area contributed by atoms with Crippen LogP contribution in [0.15, 0.2) is 146 Å². The molecule has 0 aliphatic heterocycles. The van der Waals surface area contributed by atoms with Crippen molar-refractivity contribution in [1.82, 2.24) is 18.7 Å². The van der Waals surface area contributed by atoms with Crippen molar-refractivity contribution < 1.29 is 8.85 Å². The van der Waals surface area contributed by atoms with Gasteiger partial charge < -0.3 is 4.74 Å². The first-order valence-corrected chi connectivity index (χ1v) is 13.8. The van der Waals surface area contributed by atoms with E-state index < -0.39 is 6.98 Å². The van der Waals surface area contributed by atoms with Crippen LogP contribution in [0.5, 0.6) is 11.5 Å². The Bertz CT molecular complexity index is 2360. The van der Waals surface area contributed by atoms with Gasteiger partial charge in [0.15, 0.2) is 17.4 Å². The first-order valence-electron chi connectivity index (χ1n) is 15.3. The van der Waals surface area contributed by atoms with Crippen molar-refractivity contribution in [2.24, 2.45) is 6.98 Å². The first-order chi connectivity index (χ1) is 21.9. The molecule has 5 aromatic carbocycles. The summed E-state index contributed by atoms with van der Waals surface area (Å²) < 4.78 is 35.9. The molecule has 3 aromatic heterocycles. The summed E-state index contributed by atoms with van der Waals surface area (Å²) in [6.45, 7) is -2.30. The molecule has 0 saturated carbocycles. The van der Waals surface area contributed by atoms with E-state index in [4.69, 9.17) is 13.8 Å². The second kappa shape index (κ2) is 9.75. The summed E-state index contributed by atoms with van der Waals surface area (Å²) in [5, 5.41) is 2.24. The Morgan fingerprint density at radius 3 is 2.26 bits per heavy atom. The van der Waals surface area contributed by atoms with Crippen LogP contribution in [0, 0.1) is 0 Å². The highest BCUT2D eigenvalue weighted by molar-refractivity contribution is 6.09. The largest absolute Gasteiger partial charge is 0.456 e. The van der Waals surface area contributed by atoms with Crippen molar-refractivity contribution in [1.29, 1.82) is 0 Å². The number of fused-ring (bicyclic) bond motifs is 4. The summed E-state index contributed by atoms with van der Waals surface area (Å²) in [6, 6.07) is 44.1. The van der Waals surface area contributed by atoms with Gasteiger partial charge >= 0.3 is 0 Å². The zero-order chi connectivity index (χ0) is 30.5. The lowest BCUT2D eigenvalue weighted by Gasteiger charge is -2.10. The molecule has 8 rings (SSSR count). The molecule has 200 valence electrons. The molecule has 0 saturated heterocycles. The molecule has 0 spiro atoms. The fourth-order valence-corrected chi connectivity index (χ4v) is 5.76. The van der Waals surface area contributed by atoms with Gasteiger partial charge in [0, 0.05) is 58.4 Å². The minimum atomic E-state index is -2.30. The first kappa shape index (κ1) is 21.1. The van der Waals surface area contributed by atoms with E-state index in [-0.39, 0.29) is 0 Å². The third-order valence-electron chi connectivity index (χ3n) is 7.69. The van der Waals surface area contributed by atoms with E-state index in [1.807, 2.05) is 102 Å². The topological polar surface area (TPSA) is 36.9 Å². The maximum atomic E-state index is 8.01. The van der Waals surface area contributed by atoms with Gasteiger partial charge in [-0.1, -0.05) is 48.5 Å². The molecule has 42 heavy (non-hydrogen) atoms. The van der Waals surface area contributed by atoms with Gasteiger partial charge in [0.05, 0.1) is 11.0 Å². The van der Waals surface area contributed by atoms with Crippen molar-refractivity contribution >= 4 is 32.8 Å². The number of ether oxygens (including phenoxy) is 1. The molecule has 0 unspecified atom stereocenters. The second-order valence-electron chi connectivity index (χ2n) is 10.2. The lowest BCUT2D eigenvalue weighted by atomic mass is 10.1. The zero-order valence-corrected chi connectivity index (χ0v) is 22.6. The fourth-order valence-electron chi connectivity index (χ4n) is 5.76. The van der Waals surface area contributed by atoms with E-state index in [2.05, 4.69) is 47.0 Å². The average molecular weight is 547 g/mol. The molecule has 3 heterocycles. The highest BCUT2D eigenvalue weighted by atomic mass is 16.5. The summed E-state index contributed by atoms with van der Waals surface area (Å²) in [4.78, 5) is 4.79. The Morgan fingerprint density at radius 2 is 1.38 bits per heavy atom. The van der Waals surface area contributed by atoms with Gasteiger partial charge in [-0.25, -0.2) is 9.55 Å². The molecular formula is C37H27N4O+. The molecular weight excluding hydrogens is 516 g/mol. The highest BCUT2D eigenvalue weighted by Gasteiger charge is 2.17. The molecule has 0 fully saturated rings. The molecule has 0 N–H and O–H groups in total. The lowest BCUT2D eigenvalue weighted by Crippen LogP contribution is -1.98. The van der Waals surface area contributed by atoms with Crippen LogP contribution in [0.25, 0.3) is 55.5 Å². The van der Waals surface area contributed by atoms with Crippen molar-refractivity contribution in [3.63, 3.8) is 0 Å². The maximum Gasteiger partial charge on any atom is 0.191 e.